The van der Waals surface area contributed by atoms with E-state index in [1.165, 1.54) is 11.3 Å². The lowest BCUT2D eigenvalue weighted by molar-refractivity contribution is 0.0356. The second kappa shape index (κ2) is 10.9. The highest BCUT2D eigenvalue weighted by molar-refractivity contribution is 5.95. The van der Waals surface area contributed by atoms with Crippen molar-refractivity contribution >= 4 is 22.4 Å². The molecule has 3 fully saturated rings. The van der Waals surface area contributed by atoms with Gasteiger partial charge in [0.25, 0.3) is 0 Å². The molecule has 3 aliphatic heterocycles. The maximum absolute atomic E-state index is 9.55. The highest BCUT2D eigenvalue weighted by atomic mass is 15.4. The molecule has 5 heterocycles. The van der Waals surface area contributed by atoms with Gasteiger partial charge in [-0.2, -0.15) is 5.26 Å². The molecule has 0 radical (unpaired) electrons. The Kier molecular flexibility index (Phi) is 7.16. The van der Waals surface area contributed by atoms with Crippen LogP contribution in [0.1, 0.15) is 18.1 Å². The SMILES string of the molecule is C[C@@H]1CN(c2ccc(C#N)c3ncccc23)C[C@@H]2CN(CCc3ccc(N4CCN(C)CC4)nc3)CCN21. The highest BCUT2D eigenvalue weighted by Gasteiger charge is 2.36. The van der Waals surface area contributed by atoms with Gasteiger partial charge in [-0.25, -0.2) is 4.98 Å². The van der Waals surface area contributed by atoms with Gasteiger partial charge >= 0.3 is 0 Å². The normalized spacial score (nSPS) is 23.4. The molecule has 2 atom stereocenters. The van der Waals surface area contributed by atoms with Crippen LogP contribution >= 0.6 is 0 Å². The van der Waals surface area contributed by atoms with Crippen LogP contribution in [0.4, 0.5) is 11.5 Å². The minimum Gasteiger partial charge on any atom is -0.368 e. The third-order valence-corrected chi connectivity index (χ3v) is 8.66. The van der Waals surface area contributed by atoms with Gasteiger partial charge in [0.1, 0.15) is 11.9 Å². The van der Waals surface area contributed by atoms with Crippen LogP contribution in [0.3, 0.4) is 0 Å². The Bertz CT molecular complexity index is 1290. The molecule has 0 bridgehead atoms. The quantitative estimate of drug-likeness (QED) is 0.519. The molecule has 0 spiro atoms. The smallest absolute Gasteiger partial charge is 0.128 e. The lowest BCUT2D eigenvalue weighted by Gasteiger charge is -2.51. The van der Waals surface area contributed by atoms with Crippen molar-refractivity contribution < 1.29 is 0 Å². The van der Waals surface area contributed by atoms with E-state index >= 15 is 0 Å². The zero-order valence-corrected chi connectivity index (χ0v) is 22.6. The van der Waals surface area contributed by atoms with Crippen LogP contribution in [0.15, 0.2) is 48.8 Å². The molecule has 38 heavy (non-hydrogen) atoms. The molecule has 0 N–H and O–H groups in total. The summed E-state index contributed by atoms with van der Waals surface area (Å²) in [4.78, 5) is 21.9. The van der Waals surface area contributed by atoms with Gasteiger partial charge in [-0.05, 0) is 56.3 Å². The largest absolute Gasteiger partial charge is 0.368 e. The number of likely N-dealkylation sites (N-methyl/N-ethyl adjacent to an activating group) is 1. The Morgan fingerprint density at radius 2 is 1.79 bits per heavy atom. The number of anilines is 2. The highest BCUT2D eigenvalue weighted by Crippen LogP contribution is 2.32. The van der Waals surface area contributed by atoms with E-state index in [2.05, 4.69) is 80.0 Å². The molecule has 0 amide bonds. The number of hydrogen-bond donors (Lipinski definition) is 0. The minimum absolute atomic E-state index is 0.490. The lowest BCUT2D eigenvalue weighted by atomic mass is 10.0. The average Bonchev–Trinajstić information content (AvgIpc) is 2.96. The van der Waals surface area contributed by atoms with E-state index in [-0.39, 0.29) is 0 Å². The predicted molar refractivity (Wildman–Crippen MR) is 153 cm³/mol. The molecular formula is C30H38N8. The first-order valence-electron chi connectivity index (χ1n) is 14.0. The second-order valence-electron chi connectivity index (χ2n) is 11.2. The minimum atomic E-state index is 0.490. The number of piperazine rings is 3. The Morgan fingerprint density at radius 1 is 0.921 bits per heavy atom. The summed E-state index contributed by atoms with van der Waals surface area (Å²) in [6, 6.07) is 15.9. The van der Waals surface area contributed by atoms with Crippen molar-refractivity contribution in [2.75, 3.05) is 82.3 Å². The molecular weight excluding hydrogens is 472 g/mol. The van der Waals surface area contributed by atoms with Crippen LogP contribution in [0.25, 0.3) is 10.9 Å². The molecule has 198 valence electrons. The van der Waals surface area contributed by atoms with E-state index in [1.54, 1.807) is 6.20 Å². The van der Waals surface area contributed by atoms with Gasteiger partial charge in [-0.3, -0.25) is 9.88 Å². The van der Waals surface area contributed by atoms with Crippen LogP contribution < -0.4 is 9.80 Å². The average molecular weight is 511 g/mol. The van der Waals surface area contributed by atoms with Crippen LogP contribution in [0, 0.1) is 11.3 Å². The van der Waals surface area contributed by atoms with Crippen LogP contribution in [0.2, 0.25) is 0 Å². The monoisotopic (exact) mass is 510 g/mol. The maximum Gasteiger partial charge on any atom is 0.128 e. The molecule has 1 aromatic carbocycles. The van der Waals surface area contributed by atoms with Crippen LogP contribution in [0.5, 0.6) is 0 Å². The van der Waals surface area contributed by atoms with E-state index in [1.807, 2.05) is 12.1 Å². The van der Waals surface area contributed by atoms with Gasteiger partial charge < -0.3 is 19.6 Å². The number of pyridine rings is 2. The fourth-order valence-corrected chi connectivity index (χ4v) is 6.43. The van der Waals surface area contributed by atoms with Crippen molar-refractivity contribution in [1.29, 1.82) is 5.26 Å². The fourth-order valence-electron chi connectivity index (χ4n) is 6.43. The summed E-state index contributed by atoms with van der Waals surface area (Å²) in [5, 5.41) is 10.6. The fraction of sp³-hybridized carbons (Fsp3) is 0.500. The summed E-state index contributed by atoms with van der Waals surface area (Å²) < 4.78 is 0. The first-order valence-corrected chi connectivity index (χ1v) is 14.0. The van der Waals surface area contributed by atoms with E-state index in [0.717, 1.165) is 88.6 Å². The predicted octanol–water partition coefficient (Wildman–Crippen LogP) is 2.69. The van der Waals surface area contributed by atoms with Gasteiger partial charge in [0.05, 0.1) is 11.1 Å². The van der Waals surface area contributed by atoms with Crippen molar-refractivity contribution in [2.45, 2.75) is 25.4 Å². The van der Waals surface area contributed by atoms with Gasteiger partial charge in [-0.1, -0.05) is 6.07 Å². The summed E-state index contributed by atoms with van der Waals surface area (Å²) in [5.41, 5.74) is 3.97. The summed E-state index contributed by atoms with van der Waals surface area (Å²) in [6.07, 6.45) is 4.90. The molecule has 8 nitrogen and oxygen atoms in total. The molecule has 0 saturated carbocycles. The number of benzene rings is 1. The molecule has 0 aliphatic carbocycles. The Hall–Kier alpha value is -3.25. The molecule has 3 aromatic rings. The van der Waals surface area contributed by atoms with Gasteiger partial charge in [0, 0.05) is 101 Å². The number of nitriles is 1. The van der Waals surface area contributed by atoms with E-state index in [4.69, 9.17) is 4.98 Å². The van der Waals surface area contributed by atoms with Gasteiger partial charge in [-0.15, -0.1) is 0 Å². The van der Waals surface area contributed by atoms with Crippen LogP contribution in [-0.2, 0) is 6.42 Å². The molecule has 2 aromatic heterocycles. The van der Waals surface area contributed by atoms with Crippen molar-refractivity contribution in [3.05, 3.63) is 59.9 Å². The number of fused-ring (bicyclic) bond motifs is 2. The molecule has 6 rings (SSSR count). The van der Waals surface area contributed by atoms with E-state index < -0.39 is 0 Å². The Labute approximate surface area is 226 Å². The second-order valence-corrected chi connectivity index (χ2v) is 11.2. The summed E-state index contributed by atoms with van der Waals surface area (Å²) in [6.45, 7) is 13.1. The van der Waals surface area contributed by atoms with Gasteiger partial charge in [0.2, 0.25) is 0 Å². The van der Waals surface area contributed by atoms with E-state index in [9.17, 15) is 5.26 Å². The number of nitrogens with zero attached hydrogens (tertiary/aromatic N) is 8. The standard InChI is InChI=1S/C30H38N8/c1-23-20-37(28-7-6-25(18-31)30-27(28)4-3-10-32-30)22-26-21-35(14-17-38(23)26)11-9-24-5-8-29(33-19-24)36-15-12-34(2)13-16-36/h3-8,10,19,23,26H,9,11-17,20-22H2,1-2H3/t23-,26+/m1/s1. The zero-order valence-electron chi connectivity index (χ0n) is 22.6. The maximum atomic E-state index is 9.55. The van der Waals surface area contributed by atoms with Crippen molar-refractivity contribution in [1.82, 2.24) is 24.7 Å². The number of hydrogen-bond acceptors (Lipinski definition) is 8. The Morgan fingerprint density at radius 3 is 2.58 bits per heavy atom. The number of aromatic nitrogens is 2. The molecule has 0 unspecified atom stereocenters. The molecule has 3 aliphatic rings. The van der Waals surface area contributed by atoms with Crippen molar-refractivity contribution in [3.8, 4) is 6.07 Å². The van der Waals surface area contributed by atoms with Crippen LogP contribution in [-0.4, -0.2) is 109 Å². The Balaban J connectivity index is 1.09. The first-order chi connectivity index (χ1) is 18.6. The topological polar surface area (TPSA) is 65.8 Å². The first kappa shape index (κ1) is 25.1. The third-order valence-electron chi connectivity index (χ3n) is 8.66. The van der Waals surface area contributed by atoms with E-state index in [0.29, 0.717) is 17.6 Å². The molecule has 3 saturated heterocycles. The van der Waals surface area contributed by atoms with Crippen molar-refractivity contribution in [2.24, 2.45) is 0 Å². The van der Waals surface area contributed by atoms with Crippen molar-refractivity contribution in [3.63, 3.8) is 0 Å². The summed E-state index contributed by atoms with van der Waals surface area (Å²) >= 11 is 0. The summed E-state index contributed by atoms with van der Waals surface area (Å²) in [7, 11) is 2.19. The summed E-state index contributed by atoms with van der Waals surface area (Å²) in [5.74, 6) is 1.11. The zero-order chi connectivity index (χ0) is 26.1. The third kappa shape index (κ3) is 5.06. The van der Waals surface area contributed by atoms with Gasteiger partial charge in [0.15, 0.2) is 0 Å². The number of rotatable bonds is 5. The lowest BCUT2D eigenvalue weighted by Crippen LogP contribution is -2.65. The molecule has 8 heteroatoms.